The predicted octanol–water partition coefficient (Wildman–Crippen LogP) is -3.70. The molecule has 0 rings (SSSR count). The van der Waals surface area contributed by atoms with E-state index in [1.54, 1.807) is 0 Å². The van der Waals surface area contributed by atoms with Gasteiger partial charge in [-0.05, 0) is 0 Å². The van der Waals surface area contributed by atoms with Crippen LogP contribution in [-0.4, -0.2) is 90.2 Å². The van der Waals surface area contributed by atoms with Gasteiger partial charge < -0.3 is 21.8 Å². The van der Waals surface area contributed by atoms with Crippen LogP contribution in [-0.2, 0) is 4.57 Å². The minimum absolute atomic E-state index is 0. The molecule has 0 aromatic carbocycles. The van der Waals surface area contributed by atoms with Gasteiger partial charge >= 0.3 is 113 Å². The van der Waals surface area contributed by atoms with E-state index >= 15 is 0 Å². The van der Waals surface area contributed by atoms with Crippen LogP contribution in [0.25, 0.3) is 0 Å². The first-order chi connectivity index (χ1) is 2.00. The Kier molecular flexibility index (Phi) is 47.0. The average Bonchev–Trinajstić information content (AvgIpc) is 0.722. The van der Waals surface area contributed by atoms with Crippen molar-refractivity contribution in [3.05, 3.63) is 0 Å². The summed E-state index contributed by atoms with van der Waals surface area (Å²) < 4.78 is 8.88. The molecule has 4 nitrogen and oxygen atoms in total. The van der Waals surface area contributed by atoms with E-state index in [1.807, 2.05) is 0 Å². The molecule has 0 fully saturated rings. The van der Waals surface area contributed by atoms with E-state index in [-0.39, 0.29) is 125 Å². The van der Waals surface area contributed by atoms with Gasteiger partial charge in [0.05, 0.1) is 0 Å². The van der Waals surface area contributed by atoms with Crippen molar-refractivity contribution in [2.75, 3.05) is 0 Å². The first-order valence-electron chi connectivity index (χ1n) is 0.783. The first-order valence-corrected chi connectivity index (χ1v) is 2.35. The van der Waals surface area contributed by atoms with Crippen LogP contribution in [0.2, 0.25) is 0 Å². The minimum atomic E-state index is -4.64. The second-order valence-electron chi connectivity index (χ2n) is 0.513. The van der Waals surface area contributed by atoms with Crippen LogP contribution < -0.4 is 29.6 Å². The quantitative estimate of drug-likeness (QED) is 0.302. The van der Waals surface area contributed by atoms with Gasteiger partial charge in [0.15, 0.2) is 0 Å². The van der Waals surface area contributed by atoms with Gasteiger partial charge in [-0.15, -0.1) is 12.4 Å². The van der Waals surface area contributed by atoms with Crippen molar-refractivity contribution in [1.82, 2.24) is 0 Å². The smallest absolute Gasteiger partial charge is 1.00 e. The maximum Gasteiger partial charge on any atom is 2.00 e. The molecule has 0 bridgehead atoms. The molecule has 9 heavy (non-hydrogen) atoms. The van der Waals surface area contributed by atoms with E-state index in [0.29, 0.717) is 0 Å². The summed E-state index contributed by atoms with van der Waals surface area (Å²) in [4.78, 5) is 21.6. The summed E-state index contributed by atoms with van der Waals surface area (Å²) in [6.45, 7) is 0. The number of hydrogen-bond acceptors (Lipinski definition) is 1. The molecule has 0 aliphatic carbocycles. The fourth-order valence-corrected chi connectivity index (χ4v) is 0. The van der Waals surface area contributed by atoms with E-state index in [9.17, 15) is 0 Å². The summed E-state index contributed by atoms with van der Waals surface area (Å²) >= 11 is 0. The fourth-order valence-electron chi connectivity index (χ4n) is 0. The second kappa shape index (κ2) is 14.4. The van der Waals surface area contributed by atoms with Crippen LogP contribution in [0.4, 0.5) is 0 Å². The van der Waals surface area contributed by atoms with Gasteiger partial charge in [0.2, 0.25) is 0 Å². The molecule has 0 saturated heterocycles. The molecule has 0 aromatic rings. The minimum Gasteiger partial charge on any atom is -1.00 e. The first kappa shape index (κ1) is 29.3. The Labute approximate surface area is 149 Å². The summed E-state index contributed by atoms with van der Waals surface area (Å²) in [6.07, 6.45) is 0. The average molecular weight is 243 g/mol. The third kappa shape index (κ3) is 76.3. The molecule has 0 atom stereocenters. The molecule has 50 valence electrons. The zero-order chi connectivity index (χ0) is 4.50. The molecule has 0 radical (unpaired) electrons. The van der Waals surface area contributed by atoms with E-state index in [2.05, 4.69) is 0 Å². The Bertz CT molecular complexity index is 77.9. The molecule has 0 heterocycles. The summed E-state index contributed by atoms with van der Waals surface area (Å²) in [5.74, 6) is 0. The van der Waals surface area contributed by atoms with Crippen LogP contribution in [0.5, 0.6) is 0 Å². The summed E-state index contributed by atoms with van der Waals surface area (Å²) in [5.41, 5.74) is 0. The van der Waals surface area contributed by atoms with Crippen molar-refractivity contribution < 1.29 is 55.9 Å². The summed E-state index contributed by atoms with van der Waals surface area (Å²) in [6, 6.07) is 0. The molecule has 0 aliphatic rings. The third-order valence-electron chi connectivity index (χ3n) is 0. The number of rotatable bonds is 0. The van der Waals surface area contributed by atoms with E-state index in [1.165, 1.54) is 0 Å². The van der Waals surface area contributed by atoms with Gasteiger partial charge in [0.1, 0.15) is 0 Å². The Hall–Kier alpha value is 3.92. The van der Waals surface area contributed by atoms with Gasteiger partial charge in [0, 0.05) is 0 Å². The topological polar surface area (TPSA) is 77.8 Å². The third-order valence-corrected chi connectivity index (χ3v) is 0. The standard InChI is InChI=1S/2Ca.ClH.Na.H3O4P.5H/c;;;;1-5(2,3)4;;;;;/h;;1H;;(H3,1,2,3,4);;;;;/q2*+2;;+1;;5*-1. The van der Waals surface area contributed by atoms with Crippen LogP contribution in [0, 0.1) is 0 Å². The molecule has 3 N–H and O–H groups in total. The van der Waals surface area contributed by atoms with Crippen LogP contribution in [0.15, 0.2) is 0 Å². The van der Waals surface area contributed by atoms with E-state index in [0.717, 1.165) is 0 Å². The maximum absolute atomic E-state index is 8.88. The monoisotopic (exact) mass is 242 g/mol. The molecule has 0 saturated carbocycles. The van der Waals surface area contributed by atoms with Gasteiger partial charge in [-0.3, -0.25) is 0 Å². The number of halogens is 1. The molecule has 0 amide bonds. The molecule has 0 aliphatic heterocycles. The SMILES string of the molecule is Cl.O=P(O)(O)O.[Ca+2].[Ca+2].[H-].[H-].[H-].[H-].[H-].[Na+]. The van der Waals surface area contributed by atoms with Crippen molar-refractivity contribution in [3.63, 3.8) is 0 Å². The molecular formula is H9Ca2ClNaO4P. The fraction of sp³-hybridized carbons (Fsp3) is 0. The van der Waals surface area contributed by atoms with Gasteiger partial charge in [-0.25, -0.2) is 4.57 Å². The Morgan fingerprint density at radius 3 is 1.11 bits per heavy atom. The van der Waals surface area contributed by atoms with Crippen molar-refractivity contribution in [2.45, 2.75) is 0 Å². The zero-order valence-corrected chi connectivity index (χ0v) is 13.1. The molecule has 0 unspecified atom stereocenters. The molecular weight excluding hydrogens is 234 g/mol. The maximum atomic E-state index is 8.88. The summed E-state index contributed by atoms with van der Waals surface area (Å²) in [5, 5.41) is 0. The normalized spacial score (nSPS) is 6.56. The second-order valence-corrected chi connectivity index (χ2v) is 1.54. The Morgan fingerprint density at radius 2 is 1.11 bits per heavy atom. The van der Waals surface area contributed by atoms with Crippen molar-refractivity contribution in [3.8, 4) is 0 Å². The van der Waals surface area contributed by atoms with Crippen LogP contribution >= 0.6 is 20.2 Å². The largest absolute Gasteiger partial charge is 2.00 e. The number of hydrogen-bond donors (Lipinski definition) is 3. The Balaban J connectivity index is -0.00000000222. The Morgan fingerprint density at radius 1 is 1.11 bits per heavy atom. The van der Waals surface area contributed by atoms with E-state index < -0.39 is 7.82 Å². The van der Waals surface area contributed by atoms with E-state index in [4.69, 9.17) is 19.2 Å². The molecule has 0 spiro atoms. The van der Waals surface area contributed by atoms with Crippen LogP contribution in [0.3, 0.4) is 0 Å². The summed E-state index contributed by atoms with van der Waals surface area (Å²) in [7, 11) is -4.64. The van der Waals surface area contributed by atoms with Gasteiger partial charge in [-0.1, -0.05) is 0 Å². The molecule has 9 heteroatoms. The molecule has 0 aromatic heterocycles. The van der Waals surface area contributed by atoms with Crippen LogP contribution in [0.1, 0.15) is 7.13 Å². The van der Waals surface area contributed by atoms with Crippen molar-refractivity contribution >= 4 is 95.7 Å². The number of phosphoric acid groups is 1. The zero-order valence-electron chi connectivity index (χ0n) is 10.0. The van der Waals surface area contributed by atoms with Crippen molar-refractivity contribution in [1.29, 1.82) is 0 Å². The van der Waals surface area contributed by atoms with Crippen molar-refractivity contribution in [2.24, 2.45) is 0 Å². The van der Waals surface area contributed by atoms with Gasteiger partial charge in [-0.2, -0.15) is 0 Å². The predicted molar refractivity (Wildman–Crippen MR) is 38.6 cm³/mol. The van der Waals surface area contributed by atoms with Gasteiger partial charge in [0.25, 0.3) is 0 Å².